The molecule has 18 heavy (non-hydrogen) atoms. The molecule has 0 aliphatic rings. The fraction of sp³-hybridized carbons (Fsp3) is 0.600. The molecule has 0 saturated carbocycles. The van der Waals surface area contributed by atoms with Crippen molar-refractivity contribution in [2.45, 2.75) is 33.4 Å². The molecule has 0 amide bonds. The van der Waals surface area contributed by atoms with Gasteiger partial charge in [-0.3, -0.25) is 0 Å². The second-order valence-electron chi connectivity index (χ2n) is 5.49. The molecule has 102 valence electrons. The monoisotopic (exact) mass is 268 g/mol. The highest BCUT2D eigenvalue weighted by atomic mass is 35.5. The van der Waals surface area contributed by atoms with Crippen LogP contribution in [0.15, 0.2) is 24.3 Å². The van der Waals surface area contributed by atoms with E-state index in [4.69, 9.17) is 11.6 Å². The fourth-order valence-corrected chi connectivity index (χ4v) is 2.26. The molecule has 3 heteroatoms. The summed E-state index contributed by atoms with van der Waals surface area (Å²) in [5, 5.41) is 4.29. The Kier molecular flexibility index (Phi) is 6.69. The fourth-order valence-electron chi connectivity index (χ4n) is 2.05. The van der Waals surface area contributed by atoms with Crippen molar-refractivity contribution in [2.24, 2.45) is 5.92 Å². The standard InChI is InChI=1S/C15H25ClN2/c1-12(2)17-9-13(3)10-18(4)11-14-6-5-7-15(16)8-14/h5-8,12-13,17H,9-11H2,1-4H3. The van der Waals surface area contributed by atoms with Crippen LogP contribution in [0.2, 0.25) is 5.02 Å². The van der Waals surface area contributed by atoms with Crippen molar-refractivity contribution in [2.75, 3.05) is 20.1 Å². The molecule has 1 rings (SSSR count). The zero-order valence-electron chi connectivity index (χ0n) is 11.9. The molecule has 1 aromatic carbocycles. The van der Waals surface area contributed by atoms with Gasteiger partial charge in [0.2, 0.25) is 0 Å². The van der Waals surface area contributed by atoms with Gasteiger partial charge in [0.25, 0.3) is 0 Å². The Balaban J connectivity index is 2.34. The second-order valence-corrected chi connectivity index (χ2v) is 5.93. The van der Waals surface area contributed by atoms with E-state index in [1.165, 1.54) is 5.56 Å². The van der Waals surface area contributed by atoms with Gasteiger partial charge in [-0.15, -0.1) is 0 Å². The van der Waals surface area contributed by atoms with E-state index < -0.39 is 0 Å². The van der Waals surface area contributed by atoms with Gasteiger partial charge in [0.15, 0.2) is 0 Å². The maximum Gasteiger partial charge on any atom is 0.0409 e. The van der Waals surface area contributed by atoms with Crippen molar-refractivity contribution in [3.8, 4) is 0 Å². The van der Waals surface area contributed by atoms with Crippen LogP contribution in [0.25, 0.3) is 0 Å². The predicted molar refractivity (Wildman–Crippen MR) is 80.1 cm³/mol. The zero-order valence-corrected chi connectivity index (χ0v) is 12.7. The molecule has 0 aliphatic carbocycles. The molecule has 1 N–H and O–H groups in total. The quantitative estimate of drug-likeness (QED) is 0.815. The molecule has 0 heterocycles. The summed E-state index contributed by atoms with van der Waals surface area (Å²) in [6.07, 6.45) is 0. The summed E-state index contributed by atoms with van der Waals surface area (Å²) >= 11 is 5.99. The number of hydrogen-bond acceptors (Lipinski definition) is 2. The van der Waals surface area contributed by atoms with E-state index in [0.29, 0.717) is 12.0 Å². The Morgan fingerprint density at radius 2 is 2.00 bits per heavy atom. The Hall–Kier alpha value is -0.570. The molecule has 0 radical (unpaired) electrons. The van der Waals surface area contributed by atoms with E-state index in [-0.39, 0.29) is 0 Å². The summed E-state index contributed by atoms with van der Waals surface area (Å²) in [5.41, 5.74) is 1.27. The molecule has 0 bridgehead atoms. The predicted octanol–water partition coefficient (Wildman–Crippen LogP) is 3.41. The van der Waals surface area contributed by atoms with Gasteiger partial charge in [-0.2, -0.15) is 0 Å². The van der Waals surface area contributed by atoms with Gasteiger partial charge in [-0.25, -0.2) is 0 Å². The molecule has 1 atom stereocenters. The highest BCUT2D eigenvalue weighted by Gasteiger charge is 2.07. The molecule has 1 aromatic rings. The molecule has 1 unspecified atom stereocenters. The number of halogens is 1. The van der Waals surface area contributed by atoms with E-state index in [9.17, 15) is 0 Å². The third-order valence-corrected chi connectivity index (χ3v) is 3.07. The summed E-state index contributed by atoms with van der Waals surface area (Å²) in [6.45, 7) is 9.75. The summed E-state index contributed by atoms with van der Waals surface area (Å²) < 4.78 is 0. The Labute approximate surface area is 116 Å². The summed E-state index contributed by atoms with van der Waals surface area (Å²) in [7, 11) is 2.16. The van der Waals surface area contributed by atoms with Crippen LogP contribution in [-0.2, 0) is 6.54 Å². The van der Waals surface area contributed by atoms with Gasteiger partial charge in [0, 0.05) is 24.2 Å². The lowest BCUT2D eigenvalue weighted by molar-refractivity contribution is 0.271. The molecule has 0 fully saturated rings. The van der Waals surface area contributed by atoms with Gasteiger partial charge < -0.3 is 10.2 Å². The molecular formula is C15H25ClN2. The number of benzene rings is 1. The minimum absolute atomic E-state index is 0.561. The van der Waals surface area contributed by atoms with Gasteiger partial charge >= 0.3 is 0 Å². The van der Waals surface area contributed by atoms with E-state index in [2.05, 4.69) is 44.1 Å². The lowest BCUT2D eigenvalue weighted by atomic mass is 10.1. The van der Waals surface area contributed by atoms with Crippen LogP contribution in [-0.4, -0.2) is 31.1 Å². The van der Waals surface area contributed by atoms with Crippen molar-refractivity contribution in [3.05, 3.63) is 34.9 Å². The number of rotatable bonds is 7. The van der Waals surface area contributed by atoms with Gasteiger partial charge in [-0.1, -0.05) is 44.5 Å². The highest BCUT2D eigenvalue weighted by molar-refractivity contribution is 6.30. The van der Waals surface area contributed by atoms with Crippen LogP contribution < -0.4 is 5.32 Å². The van der Waals surface area contributed by atoms with Gasteiger partial charge in [0.1, 0.15) is 0 Å². The first kappa shape index (κ1) is 15.5. The lowest BCUT2D eigenvalue weighted by Crippen LogP contribution is -2.33. The lowest BCUT2D eigenvalue weighted by Gasteiger charge is -2.22. The van der Waals surface area contributed by atoms with Crippen molar-refractivity contribution < 1.29 is 0 Å². The molecular weight excluding hydrogens is 244 g/mol. The largest absolute Gasteiger partial charge is 0.314 e. The minimum Gasteiger partial charge on any atom is -0.314 e. The Morgan fingerprint density at radius 1 is 1.28 bits per heavy atom. The summed E-state index contributed by atoms with van der Waals surface area (Å²) in [5.74, 6) is 0.650. The first-order valence-corrected chi connectivity index (χ1v) is 7.01. The Morgan fingerprint density at radius 3 is 2.61 bits per heavy atom. The van der Waals surface area contributed by atoms with E-state index >= 15 is 0 Å². The second kappa shape index (κ2) is 7.78. The van der Waals surface area contributed by atoms with Crippen LogP contribution in [0.1, 0.15) is 26.3 Å². The summed E-state index contributed by atoms with van der Waals surface area (Å²) in [4.78, 5) is 2.35. The molecule has 0 saturated heterocycles. The van der Waals surface area contributed by atoms with Crippen molar-refractivity contribution in [1.82, 2.24) is 10.2 Å². The maximum absolute atomic E-state index is 5.99. The van der Waals surface area contributed by atoms with Crippen molar-refractivity contribution in [1.29, 1.82) is 0 Å². The zero-order chi connectivity index (χ0) is 13.5. The minimum atomic E-state index is 0.561. The first-order chi connectivity index (χ1) is 8.47. The van der Waals surface area contributed by atoms with Crippen molar-refractivity contribution in [3.63, 3.8) is 0 Å². The van der Waals surface area contributed by atoms with Crippen LogP contribution >= 0.6 is 11.6 Å². The number of hydrogen-bond donors (Lipinski definition) is 1. The normalized spacial score (nSPS) is 13.3. The first-order valence-electron chi connectivity index (χ1n) is 6.63. The Bertz CT molecular complexity index is 352. The van der Waals surface area contributed by atoms with Crippen LogP contribution in [0.4, 0.5) is 0 Å². The molecule has 2 nitrogen and oxygen atoms in total. The third-order valence-electron chi connectivity index (χ3n) is 2.84. The van der Waals surface area contributed by atoms with E-state index in [1.807, 2.05) is 18.2 Å². The maximum atomic E-state index is 5.99. The SMILES string of the molecule is CC(CNC(C)C)CN(C)Cc1cccc(Cl)c1. The summed E-state index contributed by atoms with van der Waals surface area (Å²) in [6, 6.07) is 8.65. The molecule has 0 aliphatic heterocycles. The average Bonchev–Trinajstić information content (AvgIpc) is 2.26. The van der Waals surface area contributed by atoms with Gasteiger partial charge in [0.05, 0.1) is 0 Å². The van der Waals surface area contributed by atoms with E-state index in [0.717, 1.165) is 24.7 Å². The van der Waals surface area contributed by atoms with Crippen LogP contribution in [0.3, 0.4) is 0 Å². The van der Waals surface area contributed by atoms with Gasteiger partial charge in [-0.05, 0) is 37.2 Å². The smallest absolute Gasteiger partial charge is 0.0409 e. The number of nitrogens with one attached hydrogen (secondary N) is 1. The average molecular weight is 269 g/mol. The molecule has 0 aromatic heterocycles. The third kappa shape index (κ3) is 6.39. The van der Waals surface area contributed by atoms with Crippen LogP contribution in [0, 0.1) is 5.92 Å². The highest BCUT2D eigenvalue weighted by Crippen LogP contribution is 2.12. The molecule has 0 spiro atoms. The number of nitrogens with zero attached hydrogens (tertiary/aromatic N) is 1. The van der Waals surface area contributed by atoms with E-state index in [1.54, 1.807) is 0 Å². The van der Waals surface area contributed by atoms with Crippen LogP contribution in [0.5, 0.6) is 0 Å². The topological polar surface area (TPSA) is 15.3 Å². The van der Waals surface area contributed by atoms with Crippen molar-refractivity contribution >= 4 is 11.6 Å².